The molecule has 2 aliphatic rings. The summed E-state index contributed by atoms with van der Waals surface area (Å²) in [6, 6.07) is 0.133. The van der Waals surface area contributed by atoms with Gasteiger partial charge in [0, 0.05) is 31.5 Å². The van der Waals surface area contributed by atoms with Gasteiger partial charge in [-0.15, -0.1) is 0 Å². The van der Waals surface area contributed by atoms with Crippen LogP contribution < -0.4 is 5.32 Å². The van der Waals surface area contributed by atoms with E-state index in [4.69, 9.17) is 4.74 Å². The molecule has 0 aromatic carbocycles. The van der Waals surface area contributed by atoms with E-state index in [2.05, 4.69) is 12.2 Å². The summed E-state index contributed by atoms with van der Waals surface area (Å²) in [5, 5.41) is 2.87. The van der Waals surface area contributed by atoms with E-state index in [0.29, 0.717) is 25.3 Å². The van der Waals surface area contributed by atoms with Crippen molar-refractivity contribution in [3.8, 4) is 0 Å². The Bertz CT molecular complexity index is 366. The highest BCUT2D eigenvalue weighted by molar-refractivity contribution is 5.93. The molecule has 0 aliphatic carbocycles. The number of amides is 2. The van der Waals surface area contributed by atoms with E-state index in [1.807, 2.05) is 18.7 Å². The molecule has 3 unspecified atom stereocenters. The SMILES string of the molecule is CCC1(C)NC(=O)CCN(C(C)C2CCOC2)C1=O. The van der Waals surface area contributed by atoms with Gasteiger partial charge in [0.25, 0.3) is 0 Å². The van der Waals surface area contributed by atoms with Crippen molar-refractivity contribution >= 4 is 11.8 Å². The molecular weight excluding hydrogens is 244 g/mol. The molecule has 0 radical (unpaired) electrons. The minimum atomic E-state index is -0.763. The van der Waals surface area contributed by atoms with Crippen LogP contribution in [0.25, 0.3) is 0 Å². The number of rotatable bonds is 3. The first-order valence-corrected chi connectivity index (χ1v) is 7.18. The summed E-state index contributed by atoms with van der Waals surface area (Å²) in [5.74, 6) is 0.397. The van der Waals surface area contributed by atoms with Crippen molar-refractivity contribution in [3.05, 3.63) is 0 Å². The van der Waals surface area contributed by atoms with E-state index in [9.17, 15) is 9.59 Å². The van der Waals surface area contributed by atoms with Crippen LogP contribution in [-0.2, 0) is 14.3 Å². The van der Waals surface area contributed by atoms with Crippen LogP contribution in [0.5, 0.6) is 0 Å². The number of carbonyl (C=O) groups is 2. The smallest absolute Gasteiger partial charge is 0.248 e. The average Bonchev–Trinajstić information content (AvgIpc) is 2.88. The summed E-state index contributed by atoms with van der Waals surface area (Å²) < 4.78 is 5.41. The fourth-order valence-electron chi connectivity index (χ4n) is 2.88. The van der Waals surface area contributed by atoms with Crippen LogP contribution in [0.3, 0.4) is 0 Å². The molecule has 2 amide bonds. The van der Waals surface area contributed by atoms with E-state index >= 15 is 0 Å². The van der Waals surface area contributed by atoms with Crippen LogP contribution in [0.1, 0.15) is 40.0 Å². The lowest BCUT2D eigenvalue weighted by Gasteiger charge is -2.36. The zero-order valence-electron chi connectivity index (χ0n) is 12.1. The predicted molar refractivity (Wildman–Crippen MR) is 71.6 cm³/mol. The highest BCUT2D eigenvalue weighted by Crippen LogP contribution is 2.26. The third kappa shape index (κ3) is 2.76. The minimum Gasteiger partial charge on any atom is -0.381 e. The van der Waals surface area contributed by atoms with Gasteiger partial charge in [-0.1, -0.05) is 6.92 Å². The van der Waals surface area contributed by atoms with Gasteiger partial charge in [0.05, 0.1) is 6.61 Å². The molecule has 2 fully saturated rings. The third-order valence-corrected chi connectivity index (χ3v) is 4.57. The number of hydrogen-bond acceptors (Lipinski definition) is 3. The summed E-state index contributed by atoms with van der Waals surface area (Å²) in [7, 11) is 0. The van der Waals surface area contributed by atoms with Gasteiger partial charge in [-0.05, 0) is 26.7 Å². The molecule has 0 saturated carbocycles. The Morgan fingerprint density at radius 1 is 1.53 bits per heavy atom. The van der Waals surface area contributed by atoms with Gasteiger partial charge in [0.2, 0.25) is 11.8 Å². The number of nitrogens with one attached hydrogen (secondary N) is 1. The maximum atomic E-state index is 12.7. The van der Waals surface area contributed by atoms with Gasteiger partial charge in [0.15, 0.2) is 0 Å². The van der Waals surface area contributed by atoms with Crippen molar-refractivity contribution in [1.29, 1.82) is 0 Å². The molecule has 5 heteroatoms. The fraction of sp³-hybridized carbons (Fsp3) is 0.857. The van der Waals surface area contributed by atoms with Crippen LogP contribution in [0.4, 0.5) is 0 Å². The molecule has 108 valence electrons. The first-order valence-electron chi connectivity index (χ1n) is 7.18. The lowest BCUT2D eigenvalue weighted by atomic mass is 9.93. The summed E-state index contributed by atoms with van der Waals surface area (Å²) in [5.41, 5.74) is -0.763. The Morgan fingerprint density at radius 2 is 2.26 bits per heavy atom. The predicted octanol–water partition coefficient (Wildman–Crippen LogP) is 0.929. The van der Waals surface area contributed by atoms with Gasteiger partial charge < -0.3 is 15.0 Å². The molecule has 3 atom stereocenters. The van der Waals surface area contributed by atoms with Gasteiger partial charge in [-0.2, -0.15) is 0 Å². The van der Waals surface area contributed by atoms with E-state index in [0.717, 1.165) is 19.6 Å². The van der Waals surface area contributed by atoms with Crippen LogP contribution in [-0.4, -0.2) is 48.1 Å². The minimum absolute atomic E-state index is 0.0323. The average molecular weight is 268 g/mol. The second-order valence-electron chi connectivity index (χ2n) is 5.85. The van der Waals surface area contributed by atoms with Crippen LogP contribution in [0, 0.1) is 5.92 Å². The van der Waals surface area contributed by atoms with Crippen molar-refractivity contribution in [3.63, 3.8) is 0 Å². The largest absolute Gasteiger partial charge is 0.381 e. The summed E-state index contributed by atoms with van der Waals surface area (Å²) in [6.07, 6.45) is 2.00. The summed E-state index contributed by atoms with van der Waals surface area (Å²) in [4.78, 5) is 26.4. The second-order valence-corrected chi connectivity index (χ2v) is 5.85. The third-order valence-electron chi connectivity index (χ3n) is 4.57. The number of hydrogen-bond donors (Lipinski definition) is 1. The molecule has 0 spiro atoms. The number of carbonyl (C=O) groups excluding carboxylic acids is 2. The molecule has 2 heterocycles. The van der Waals surface area contributed by atoms with Crippen LogP contribution >= 0.6 is 0 Å². The van der Waals surface area contributed by atoms with E-state index in [1.165, 1.54) is 0 Å². The molecule has 5 nitrogen and oxygen atoms in total. The molecule has 0 aromatic heterocycles. The lowest BCUT2D eigenvalue weighted by molar-refractivity contribution is -0.141. The quantitative estimate of drug-likeness (QED) is 0.828. The van der Waals surface area contributed by atoms with E-state index < -0.39 is 5.54 Å². The van der Waals surface area contributed by atoms with E-state index in [1.54, 1.807) is 0 Å². The normalized spacial score (nSPS) is 34.1. The molecule has 2 saturated heterocycles. The standard InChI is InChI=1S/C14H24N2O3/c1-4-14(3)13(18)16(7-5-12(17)15-14)10(2)11-6-8-19-9-11/h10-11H,4-9H2,1-3H3,(H,15,17). The Morgan fingerprint density at radius 3 is 2.84 bits per heavy atom. The maximum Gasteiger partial charge on any atom is 0.248 e. The second kappa shape index (κ2) is 5.49. The summed E-state index contributed by atoms with van der Waals surface area (Å²) in [6.45, 7) is 7.84. The van der Waals surface area contributed by atoms with Crippen molar-refractivity contribution in [2.75, 3.05) is 19.8 Å². The molecule has 0 aromatic rings. The van der Waals surface area contributed by atoms with Crippen molar-refractivity contribution in [2.24, 2.45) is 5.92 Å². The van der Waals surface area contributed by atoms with Crippen LogP contribution in [0.15, 0.2) is 0 Å². The molecule has 2 rings (SSSR count). The molecule has 2 aliphatic heterocycles. The van der Waals surface area contributed by atoms with Gasteiger partial charge in [-0.25, -0.2) is 0 Å². The van der Waals surface area contributed by atoms with Crippen molar-refractivity contribution in [1.82, 2.24) is 10.2 Å². The first-order chi connectivity index (χ1) is 8.98. The highest BCUT2D eigenvalue weighted by atomic mass is 16.5. The van der Waals surface area contributed by atoms with E-state index in [-0.39, 0.29) is 17.9 Å². The molecule has 19 heavy (non-hydrogen) atoms. The lowest BCUT2D eigenvalue weighted by Crippen LogP contribution is -2.57. The molecular formula is C14H24N2O3. The van der Waals surface area contributed by atoms with Gasteiger partial charge >= 0.3 is 0 Å². The van der Waals surface area contributed by atoms with Crippen LogP contribution in [0.2, 0.25) is 0 Å². The molecule has 0 bridgehead atoms. The first kappa shape index (κ1) is 14.3. The van der Waals surface area contributed by atoms with Crippen molar-refractivity contribution < 1.29 is 14.3 Å². The molecule has 1 N–H and O–H groups in total. The monoisotopic (exact) mass is 268 g/mol. The topological polar surface area (TPSA) is 58.6 Å². The highest BCUT2D eigenvalue weighted by Gasteiger charge is 2.42. The van der Waals surface area contributed by atoms with Crippen molar-refractivity contribution in [2.45, 2.75) is 51.6 Å². The zero-order valence-corrected chi connectivity index (χ0v) is 12.1. The van der Waals surface area contributed by atoms with Gasteiger partial charge in [0.1, 0.15) is 5.54 Å². The Kier molecular flexibility index (Phi) is 4.13. The Balaban J connectivity index is 2.18. The number of ether oxygens (including phenoxy) is 1. The maximum absolute atomic E-state index is 12.7. The van der Waals surface area contributed by atoms with Gasteiger partial charge in [-0.3, -0.25) is 9.59 Å². The Labute approximate surface area is 114 Å². The zero-order chi connectivity index (χ0) is 14.0. The fourth-order valence-corrected chi connectivity index (χ4v) is 2.88. The number of nitrogens with zero attached hydrogens (tertiary/aromatic N) is 1. The summed E-state index contributed by atoms with van der Waals surface area (Å²) >= 11 is 0. The Hall–Kier alpha value is -1.10.